The summed E-state index contributed by atoms with van der Waals surface area (Å²) in [5.41, 5.74) is 9.46. The van der Waals surface area contributed by atoms with Gasteiger partial charge in [0.05, 0.1) is 22.0 Å². The zero-order chi connectivity index (χ0) is 25.0. The Kier molecular flexibility index (Phi) is 7.23. The fraction of sp³-hybridized carbons (Fsp3) is 0.280. The fourth-order valence-electron chi connectivity index (χ4n) is 3.39. The number of sulfone groups is 1. The molecule has 0 amide bonds. The largest absolute Gasteiger partial charge is 0.414 e. The van der Waals surface area contributed by atoms with Crippen LogP contribution < -0.4 is 11.1 Å². The van der Waals surface area contributed by atoms with Crippen molar-refractivity contribution >= 4 is 15.7 Å². The second-order valence-electron chi connectivity index (χ2n) is 8.39. The molecule has 0 saturated carbocycles. The lowest BCUT2D eigenvalue weighted by atomic mass is 10.1. The first-order valence-corrected chi connectivity index (χ1v) is 12.9. The van der Waals surface area contributed by atoms with Crippen molar-refractivity contribution in [2.45, 2.75) is 43.9 Å². The van der Waals surface area contributed by atoms with Crippen molar-refractivity contribution in [3.8, 4) is 34.3 Å². The average Bonchev–Trinajstić information content (AvgIpc) is 3.35. The lowest BCUT2D eigenvalue weighted by Gasteiger charge is -2.09. The Morgan fingerprint density at radius 1 is 0.971 bits per heavy atom. The molecular formula is C25H28N6O3S. The highest BCUT2D eigenvalue weighted by Gasteiger charge is 2.20. The molecule has 0 saturated heterocycles. The topological polar surface area (TPSA) is 137 Å². The molecule has 0 aliphatic carbocycles. The number of nitrogens with zero attached hydrogens (tertiary/aromatic N) is 4. The Morgan fingerprint density at radius 2 is 1.63 bits per heavy atom. The summed E-state index contributed by atoms with van der Waals surface area (Å²) < 4.78 is 30.6. The summed E-state index contributed by atoms with van der Waals surface area (Å²) in [5, 5.41) is 11.1. The molecule has 3 N–H and O–H groups in total. The van der Waals surface area contributed by atoms with Crippen molar-refractivity contribution in [1.29, 1.82) is 0 Å². The number of benzene rings is 2. The van der Waals surface area contributed by atoms with E-state index in [0.717, 1.165) is 30.6 Å². The van der Waals surface area contributed by atoms with E-state index in [0.29, 0.717) is 17.1 Å². The number of rotatable bonds is 9. The molecule has 182 valence electrons. The monoisotopic (exact) mass is 492 g/mol. The molecule has 9 nitrogen and oxygen atoms in total. The van der Waals surface area contributed by atoms with Gasteiger partial charge in [0, 0.05) is 17.7 Å². The predicted molar refractivity (Wildman–Crippen MR) is 135 cm³/mol. The molecule has 0 atom stereocenters. The van der Waals surface area contributed by atoms with Crippen molar-refractivity contribution in [3.63, 3.8) is 0 Å². The highest BCUT2D eigenvalue weighted by molar-refractivity contribution is 7.92. The maximum atomic E-state index is 12.4. The van der Waals surface area contributed by atoms with Crippen LogP contribution in [0.15, 0.2) is 64.0 Å². The van der Waals surface area contributed by atoms with Crippen LogP contribution in [0, 0.1) is 0 Å². The summed E-state index contributed by atoms with van der Waals surface area (Å²) in [7, 11) is -3.36. The van der Waals surface area contributed by atoms with Gasteiger partial charge in [0.25, 0.3) is 5.89 Å². The molecule has 0 spiro atoms. The second kappa shape index (κ2) is 10.3. The first-order chi connectivity index (χ1) is 16.8. The van der Waals surface area contributed by atoms with Gasteiger partial charge < -0.3 is 15.5 Å². The summed E-state index contributed by atoms with van der Waals surface area (Å²) in [5.74, 6) is 0.655. The van der Waals surface area contributed by atoms with Crippen LogP contribution in [0.5, 0.6) is 0 Å². The minimum absolute atomic E-state index is 0.152. The molecular weight excluding hydrogens is 464 g/mol. The standard InChI is InChI=1S/C25H28N6O3S/c1-4-13-27-14-17-5-7-19(8-6-17)24-30-31-25(34-24)22-23(26)28-15-21(29-22)18-9-11-20(12-10-18)35(32,33)16(2)3/h5-12,15-16,27H,4,13-14H2,1-3H3,(H2,26,28). The van der Waals surface area contributed by atoms with E-state index in [-0.39, 0.29) is 22.3 Å². The van der Waals surface area contributed by atoms with Crippen LogP contribution in [0.25, 0.3) is 34.3 Å². The lowest BCUT2D eigenvalue weighted by molar-refractivity contribution is 0.582. The molecule has 0 aliphatic heterocycles. The molecule has 0 bridgehead atoms. The first-order valence-electron chi connectivity index (χ1n) is 11.4. The van der Waals surface area contributed by atoms with Crippen molar-refractivity contribution in [3.05, 3.63) is 60.3 Å². The summed E-state index contributed by atoms with van der Waals surface area (Å²) in [6.07, 6.45) is 2.61. The summed E-state index contributed by atoms with van der Waals surface area (Å²) in [6.45, 7) is 7.20. The van der Waals surface area contributed by atoms with Crippen LogP contribution in [0.4, 0.5) is 5.82 Å². The van der Waals surface area contributed by atoms with Crippen LogP contribution in [0.1, 0.15) is 32.8 Å². The van der Waals surface area contributed by atoms with E-state index >= 15 is 0 Å². The second-order valence-corrected chi connectivity index (χ2v) is 10.9. The van der Waals surface area contributed by atoms with E-state index < -0.39 is 15.1 Å². The third kappa shape index (κ3) is 5.39. The summed E-state index contributed by atoms with van der Waals surface area (Å²) in [6, 6.07) is 14.4. The zero-order valence-corrected chi connectivity index (χ0v) is 20.7. The Bertz CT molecular complexity index is 1400. The molecule has 35 heavy (non-hydrogen) atoms. The van der Waals surface area contributed by atoms with Gasteiger partial charge in [-0.15, -0.1) is 10.2 Å². The molecule has 2 aromatic carbocycles. The van der Waals surface area contributed by atoms with Crippen LogP contribution in [0.2, 0.25) is 0 Å². The molecule has 0 aliphatic rings. The average molecular weight is 493 g/mol. The Hall–Kier alpha value is -3.63. The van der Waals surface area contributed by atoms with Crippen molar-refractivity contribution in [2.24, 2.45) is 0 Å². The van der Waals surface area contributed by atoms with Crippen molar-refractivity contribution < 1.29 is 12.8 Å². The fourth-order valence-corrected chi connectivity index (χ4v) is 4.45. The predicted octanol–water partition coefficient (Wildman–Crippen LogP) is 4.12. The van der Waals surface area contributed by atoms with Gasteiger partial charge >= 0.3 is 0 Å². The third-order valence-electron chi connectivity index (χ3n) is 5.48. The molecule has 4 aromatic rings. The number of hydrogen-bond donors (Lipinski definition) is 2. The Balaban J connectivity index is 1.57. The van der Waals surface area contributed by atoms with Crippen LogP contribution in [0.3, 0.4) is 0 Å². The summed E-state index contributed by atoms with van der Waals surface area (Å²) in [4.78, 5) is 9.04. The van der Waals surface area contributed by atoms with E-state index in [2.05, 4.69) is 32.4 Å². The normalized spacial score (nSPS) is 11.8. The first kappa shape index (κ1) is 24.5. The minimum Gasteiger partial charge on any atom is -0.414 e. The number of nitrogen functional groups attached to an aromatic ring is 1. The van der Waals surface area contributed by atoms with E-state index in [1.165, 1.54) is 6.20 Å². The summed E-state index contributed by atoms with van der Waals surface area (Å²) >= 11 is 0. The van der Waals surface area contributed by atoms with Crippen LogP contribution in [-0.2, 0) is 16.4 Å². The van der Waals surface area contributed by atoms with Crippen molar-refractivity contribution in [1.82, 2.24) is 25.5 Å². The van der Waals surface area contributed by atoms with Gasteiger partial charge in [0.1, 0.15) is 0 Å². The molecule has 2 heterocycles. The van der Waals surface area contributed by atoms with Gasteiger partial charge in [-0.25, -0.2) is 18.4 Å². The quantitative estimate of drug-likeness (QED) is 0.330. The molecule has 0 unspecified atom stereocenters. The number of anilines is 1. The van der Waals surface area contributed by atoms with Gasteiger partial charge in [-0.3, -0.25) is 0 Å². The van der Waals surface area contributed by atoms with Gasteiger partial charge in [0.15, 0.2) is 21.3 Å². The van der Waals surface area contributed by atoms with Crippen LogP contribution in [-0.4, -0.2) is 40.4 Å². The van der Waals surface area contributed by atoms with E-state index in [9.17, 15) is 8.42 Å². The Labute approximate surface area is 204 Å². The van der Waals surface area contributed by atoms with Gasteiger partial charge in [-0.1, -0.05) is 31.2 Å². The number of nitrogens with two attached hydrogens (primary N) is 1. The number of aromatic nitrogens is 4. The molecule has 2 aromatic heterocycles. The van der Waals surface area contributed by atoms with Crippen LogP contribution >= 0.6 is 0 Å². The Morgan fingerprint density at radius 3 is 2.29 bits per heavy atom. The van der Waals surface area contributed by atoms with E-state index in [4.69, 9.17) is 10.2 Å². The lowest BCUT2D eigenvalue weighted by Crippen LogP contribution is -2.13. The highest BCUT2D eigenvalue weighted by Crippen LogP contribution is 2.28. The third-order valence-corrected chi connectivity index (χ3v) is 7.65. The van der Waals surface area contributed by atoms with Gasteiger partial charge in [-0.05, 0) is 56.6 Å². The van der Waals surface area contributed by atoms with E-state index in [1.807, 2.05) is 24.3 Å². The highest BCUT2D eigenvalue weighted by atomic mass is 32.2. The maximum Gasteiger partial charge on any atom is 0.270 e. The SMILES string of the molecule is CCCNCc1ccc(-c2nnc(-c3nc(-c4ccc(S(=O)(=O)C(C)C)cc4)cnc3N)o2)cc1. The van der Waals surface area contributed by atoms with E-state index in [1.54, 1.807) is 38.1 Å². The minimum atomic E-state index is -3.36. The van der Waals surface area contributed by atoms with Gasteiger partial charge in [-0.2, -0.15) is 0 Å². The molecule has 4 rings (SSSR count). The molecule has 0 radical (unpaired) electrons. The smallest absolute Gasteiger partial charge is 0.270 e. The number of nitrogens with one attached hydrogen (secondary N) is 1. The zero-order valence-electron chi connectivity index (χ0n) is 19.9. The van der Waals surface area contributed by atoms with Crippen molar-refractivity contribution in [2.75, 3.05) is 12.3 Å². The number of hydrogen-bond acceptors (Lipinski definition) is 9. The molecule has 10 heteroatoms. The molecule has 0 fully saturated rings. The maximum absolute atomic E-state index is 12.4. The van der Waals surface area contributed by atoms with Gasteiger partial charge in [0.2, 0.25) is 5.89 Å².